The van der Waals surface area contributed by atoms with Gasteiger partial charge in [0.1, 0.15) is 10.8 Å². The predicted molar refractivity (Wildman–Crippen MR) is 66.4 cm³/mol. The molecule has 1 heterocycles. The first-order chi connectivity index (χ1) is 9.61. The normalized spacial score (nSPS) is 17.1. The summed E-state index contributed by atoms with van der Waals surface area (Å²) in [5.41, 5.74) is 4.01. The Kier molecular flexibility index (Phi) is 3.54. The summed E-state index contributed by atoms with van der Waals surface area (Å²) in [5, 5.41) is 0.0884. The number of alkyl halides is 3. The van der Waals surface area contributed by atoms with Crippen molar-refractivity contribution in [2.24, 2.45) is 5.73 Å². The smallest absolute Gasteiger partial charge is 0.416 e. The fourth-order valence-electron chi connectivity index (χ4n) is 1.51. The molecule has 0 saturated heterocycles. The largest absolute Gasteiger partial charge is 0.423 e. The van der Waals surface area contributed by atoms with Gasteiger partial charge in [-0.3, -0.25) is 0 Å². The van der Waals surface area contributed by atoms with Crippen molar-refractivity contribution in [3.63, 3.8) is 0 Å². The molecule has 2 rings (SSSR count). The van der Waals surface area contributed by atoms with Gasteiger partial charge in [0.2, 0.25) is 9.84 Å². The van der Waals surface area contributed by atoms with E-state index in [9.17, 15) is 26.4 Å². The van der Waals surface area contributed by atoms with Crippen molar-refractivity contribution in [1.82, 2.24) is 0 Å². The Labute approximate surface area is 117 Å². The quantitative estimate of drug-likeness (QED) is 0.662. The summed E-state index contributed by atoms with van der Waals surface area (Å²) < 4.78 is 64.4. The van der Waals surface area contributed by atoms with Gasteiger partial charge in [-0.05, 0) is 30.3 Å². The van der Waals surface area contributed by atoms with Gasteiger partial charge < -0.3 is 10.5 Å². The Morgan fingerprint density at radius 3 is 2.14 bits per heavy atom. The maximum Gasteiger partial charge on any atom is 0.416 e. The molecule has 5 nitrogen and oxygen atoms in total. The maximum atomic E-state index is 12.4. The van der Waals surface area contributed by atoms with Gasteiger partial charge in [0.05, 0.1) is 11.1 Å². The van der Waals surface area contributed by atoms with Gasteiger partial charge in [0.15, 0.2) is 0 Å². The van der Waals surface area contributed by atoms with Crippen molar-refractivity contribution in [1.29, 1.82) is 0 Å². The van der Waals surface area contributed by atoms with E-state index in [4.69, 9.17) is 10.5 Å². The third-order valence-electron chi connectivity index (χ3n) is 2.60. The number of sulfone groups is 1. The molecule has 112 valence electrons. The molecular formula is C12H8F3NO4S. The number of ether oxygens (including phenoxy) is 1. The summed E-state index contributed by atoms with van der Waals surface area (Å²) in [6, 6.07) is 3.37. The van der Waals surface area contributed by atoms with Gasteiger partial charge in [0, 0.05) is 5.41 Å². The van der Waals surface area contributed by atoms with E-state index in [-0.39, 0.29) is 11.3 Å². The van der Waals surface area contributed by atoms with Crippen LogP contribution in [0.5, 0.6) is 5.75 Å². The number of halogens is 3. The molecule has 0 bridgehead atoms. The molecule has 0 fully saturated rings. The van der Waals surface area contributed by atoms with Crippen LogP contribution >= 0.6 is 0 Å². The minimum absolute atomic E-state index is 0.161. The Morgan fingerprint density at radius 1 is 1.14 bits per heavy atom. The zero-order chi connectivity index (χ0) is 15.8. The second kappa shape index (κ2) is 4.92. The summed E-state index contributed by atoms with van der Waals surface area (Å²) in [7, 11) is -3.81. The number of benzene rings is 1. The third kappa shape index (κ3) is 3.07. The first kappa shape index (κ1) is 15.1. The van der Waals surface area contributed by atoms with Crippen LogP contribution in [0.2, 0.25) is 0 Å². The summed E-state index contributed by atoms with van der Waals surface area (Å²) in [6.07, 6.45) is -3.53. The molecule has 0 unspecified atom stereocenters. The molecule has 2 N–H and O–H groups in total. The van der Waals surface area contributed by atoms with Crippen LogP contribution in [0.15, 0.2) is 46.4 Å². The molecule has 0 atom stereocenters. The van der Waals surface area contributed by atoms with Crippen molar-refractivity contribution in [2.45, 2.75) is 6.18 Å². The van der Waals surface area contributed by atoms with Crippen molar-refractivity contribution in [3.05, 3.63) is 51.9 Å². The van der Waals surface area contributed by atoms with E-state index >= 15 is 0 Å². The highest BCUT2D eigenvalue weighted by molar-refractivity contribution is 7.98. The van der Waals surface area contributed by atoms with Crippen LogP contribution in [0.4, 0.5) is 13.2 Å². The minimum atomic E-state index is -4.50. The predicted octanol–water partition coefficient (Wildman–Crippen LogP) is 1.72. The summed E-state index contributed by atoms with van der Waals surface area (Å²) >= 11 is 0. The average molecular weight is 319 g/mol. The molecule has 0 amide bonds. The first-order valence-electron chi connectivity index (χ1n) is 5.43. The van der Waals surface area contributed by atoms with Crippen LogP contribution in [0, 0.1) is 0 Å². The van der Waals surface area contributed by atoms with Gasteiger partial charge in [-0.15, -0.1) is 0 Å². The van der Waals surface area contributed by atoms with Crippen LogP contribution in [0.25, 0.3) is 0 Å². The molecule has 1 aliphatic heterocycles. The van der Waals surface area contributed by atoms with Gasteiger partial charge in [-0.25, -0.2) is 13.2 Å². The van der Waals surface area contributed by atoms with E-state index in [0.29, 0.717) is 0 Å². The van der Waals surface area contributed by atoms with E-state index in [1.165, 1.54) is 0 Å². The van der Waals surface area contributed by atoms with Crippen molar-refractivity contribution < 1.29 is 31.1 Å². The Morgan fingerprint density at radius 2 is 1.71 bits per heavy atom. The second-order valence-corrected chi connectivity index (χ2v) is 5.84. The molecule has 0 spiro atoms. The van der Waals surface area contributed by atoms with E-state index in [1.54, 1.807) is 0 Å². The Hall–Kier alpha value is -2.29. The fraction of sp³-hybridized carbons (Fsp3) is 0.0833. The fourth-order valence-corrected chi connectivity index (χ4v) is 2.43. The topological polar surface area (TPSA) is 86.5 Å². The summed E-state index contributed by atoms with van der Waals surface area (Å²) in [6.45, 7) is 0. The van der Waals surface area contributed by atoms with Crippen molar-refractivity contribution >= 4 is 15.8 Å². The molecule has 0 aromatic heterocycles. The van der Waals surface area contributed by atoms with Gasteiger partial charge in [-0.2, -0.15) is 13.2 Å². The lowest BCUT2D eigenvalue weighted by Crippen LogP contribution is -2.16. The number of esters is 1. The van der Waals surface area contributed by atoms with E-state index < -0.39 is 32.6 Å². The third-order valence-corrected chi connectivity index (χ3v) is 3.93. The standard InChI is InChI=1S/C12H8F3NO4S/c13-12(14,15)7-1-3-8(4-2-7)20-11(17)9-5-6-21(18,19)10(9)16/h1-6H,16H2. The molecule has 1 aromatic rings. The van der Waals surface area contributed by atoms with E-state index in [1.807, 2.05) is 0 Å². The molecule has 0 radical (unpaired) electrons. The van der Waals surface area contributed by atoms with Gasteiger partial charge in [0.25, 0.3) is 0 Å². The van der Waals surface area contributed by atoms with Gasteiger partial charge >= 0.3 is 12.1 Å². The SMILES string of the molecule is NC1=C(C(=O)Oc2ccc(C(F)(F)F)cc2)C=CS1(=O)=O. The molecule has 9 heteroatoms. The lowest BCUT2D eigenvalue weighted by molar-refractivity contribution is -0.137. The molecule has 1 aliphatic rings. The monoisotopic (exact) mass is 319 g/mol. The minimum Gasteiger partial charge on any atom is -0.423 e. The zero-order valence-corrected chi connectivity index (χ0v) is 11.0. The summed E-state index contributed by atoms with van der Waals surface area (Å²) in [5.74, 6) is -1.23. The molecule has 0 saturated carbocycles. The van der Waals surface area contributed by atoms with Crippen LogP contribution in [-0.4, -0.2) is 14.4 Å². The first-order valence-corrected chi connectivity index (χ1v) is 6.98. The second-order valence-electron chi connectivity index (χ2n) is 4.04. The number of rotatable bonds is 2. The maximum absolute atomic E-state index is 12.4. The highest BCUT2D eigenvalue weighted by Gasteiger charge is 2.30. The van der Waals surface area contributed by atoms with Crippen LogP contribution in [0.1, 0.15) is 5.56 Å². The number of carbonyl (C=O) groups is 1. The Balaban J connectivity index is 2.19. The number of hydrogen-bond donors (Lipinski definition) is 1. The summed E-state index contributed by atoms with van der Waals surface area (Å²) in [4.78, 5) is 11.7. The molecule has 0 aliphatic carbocycles. The number of carbonyl (C=O) groups excluding carboxylic acids is 1. The van der Waals surface area contributed by atoms with Crippen molar-refractivity contribution in [3.8, 4) is 5.75 Å². The number of hydrogen-bond acceptors (Lipinski definition) is 5. The molecule has 1 aromatic carbocycles. The van der Waals surface area contributed by atoms with Gasteiger partial charge in [-0.1, -0.05) is 0 Å². The Bertz CT molecular complexity index is 746. The lowest BCUT2D eigenvalue weighted by atomic mass is 10.2. The molecule has 21 heavy (non-hydrogen) atoms. The van der Waals surface area contributed by atoms with E-state index in [2.05, 4.69) is 0 Å². The highest BCUT2D eigenvalue weighted by Crippen LogP contribution is 2.30. The zero-order valence-electron chi connectivity index (χ0n) is 10.2. The molecular weight excluding hydrogens is 311 g/mol. The highest BCUT2D eigenvalue weighted by atomic mass is 32.2. The van der Waals surface area contributed by atoms with Crippen LogP contribution < -0.4 is 10.5 Å². The number of nitrogens with two attached hydrogens (primary N) is 1. The van der Waals surface area contributed by atoms with E-state index in [0.717, 1.165) is 35.7 Å². The van der Waals surface area contributed by atoms with Crippen LogP contribution in [-0.2, 0) is 20.8 Å². The lowest BCUT2D eigenvalue weighted by Gasteiger charge is -2.08. The van der Waals surface area contributed by atoms with Crippen molar-refractivity contribution in [2.75, 3.05) is 0 Å². The van der Waals surface area contributed by atoms with Crippen LogP contribution in [0.3, 0.4) is 0 Å². The average Bonchev–Trinajstić information content (AvgIpc) is 2.64.